The molecule has 1 fully saturated rings. The van der Waals surface area contributed by atoms with E-state index in [4.69, 9.17) is 4.74 Å². The molecule has 0 atom stereocenters. The van der Waals surface area contributed by atoms with Gasteiger partial charge >= 0.3 is 0 Å². The minimum Gasteiger partial charge on any atom is -0.496 e. The number of ether oxygens (including phenoxy) is 1. The molecule has 20 heavy (non-hydrogen) atoms. The number of hydrogen-bond acceptors (Lipinski definition) is 3. The van der Waals surface area contributed by atoms with Gasteiger partial charge in [0.1, 0.15) is 5.75 Å². The van der Waals surface area contributed by atoms with Gasteiger partial charge in [-0.3, -0.25) is 5.43 Å². The fourth-order valence-corrected chi connectivity index (χ4v) is 2.93. The summed E-state index contributed by atoms with van der Waals surface area (Å²) in [4.78, 5) is 0. The Morgan fingerprint density at radius 1 is 1.05 bits per heavy atom. The number of methoxy groups -OCH3 is 1. The zero-order chi connectivity index (χ0) is 13.8. The molecule has 1 saturated heterocycles. The number of rotatable bonds is 4. The van der Waals surface area contributed by atoms with E-state index in [1.165, 1.54) is 35.6 Å². The van der Waals surface area contributed by atoms with E-state index in [0.717, 1.165) is 25.4 Å². The van der Waals surface area contributed by atoms with Crippen molar-refractivity contribution in [2.45, 2.75) is 25.8 Å². The van der Waals surface area contributed by atoms with Crippen LogP contribution in [0.2, 0.25) is 0 Å². The summed E-state index contributed by atoms with van der Waals surface area (Å²) in [5.41, 5.74) is 4.80. The van der Waals surface area contributed by atoms with Crippen molar-refractivity contribution in [1.29, 1.82) is 0 Å². The van der Waals surface area contributed by atoms with Gasteiger partial charge in [0.05, 0.1) is 7.11 Å². The summed E-state index contributed by atoms with van der Waals surface area (Å²) in [7, 11) is 1.74. The maximum atomic E-state index is 5.53. The van der Waals surface area contributed by atoms with Crippen molar-refractivity contribution < 1.29 is 4.74 Å². The maximum absolute atomic E-state index is 5.53. The molecule has 0 amide bonds. The smallest absolute Gasteiger partial charge is 0.124 e. The van der Waals surface area contributed by atoms with Crippen molar-refractivity contribution in [3.63, 3.8) is 0 Å². The van der Waals surface area contributed by atoms with Crippen LogP contribution >= 0.6 is 0 Å². The van der Waals surface area contributed by atoms with Crippen molar-refractivity contribution in [3.8, 4) is 5.75 Å². The number of piperidine rings is 1. The van der Waals surface area contributed by atoms with Crippen molar-refractivity contribution in [1.82, 2.24) is 10.4 Å². The van der Waals surface area contributed by atoms with Gasteiger partial charge in [0, 0.05) is 25.2 Å². The third-order valence-electron chi connectivity index (χ3n) is 4.05. The van der Waals surface area contributed by atoms with E-state index in [9.17, 15) is 0 Å². The molecule has 0 bridgehead atoms. The van der Waals surface area contributed by atoms with Gasteiger partial charge in [-0.05, 0) is 29.7 Å². The second-order valence-corrected chi connectivity index (χ2v) is 5.35. The number of benzene rings is 2. The summed E-state index contributed by atoms with van der Waals surface area (Å²) in [6, 6.07) is 12.7. The molecule has 0 aromatic heterocycles. The van der Waals surface area contributed by atoms with Crippen LogP contribution in [-0.2, 0) is 6.54 Å². The predicted octanol–water partition coefficient (Wildman–Crippen LogP) is 3.34. The average Bonchev–Trinajstić information content (AvgIpc) is 2.53. The Labute approximate surface area is 120 Å². The van der Waals surface area contributed by atoms with Crippen LogP contribution < -0.4 is 10.2 Å². The summed E-state index contributed by atoms with van der Waals surface area (Å²) in [5, 5.41) is 4.88. The second-order valence-electron chi connectivity index (χ2n) is 5.35. The third-order valence-corrected chi connectivity index (χ3v) is 4.05. The van der Waals surface area contributed by atoms with Crippen molar-refractivity contribution in [3.05, 3.63) is 42.0 Å². The van der Waals surface area contributed by atoms with E-state index in [1.807, 2.05) is 0 Å². The quantitative estimate of drug-likeness (QED) is 0.922. The van der Waals surface area contributed by atoms with Crippen molar-refractivity contribution >= 4 is 10.8 Å². The Balaban J connectivity index is 1.84. The first-order valence-electron chi connectivity index (χ1n) is 7.41. The number of hydrogen-bond donors (Lipinski definition) is 1. The Kier molecular flexibility index (Phi) is 4.19. The zero-order valence-electron chi connectivity index (χ0n) is 12.1. The summed E-state index contributed by atoms with van der Waals surface area (Å²) in [5.74, 6) is 0.966. The minimum absolute atomic E-state index is 0.824. The number of nitrogens with one attached hydrogen (secondary N) is 1. The molecule has 1 heterocycles. The largest absolute Gasteiger partial charge is 0.496 e. The SMILES string of the molecule is COc1ccc2ccccc2c1CNN1CCCCC1. The summed E-state index contributed by atoms with van der Waals surface area (Å²) in [6.07, 6.45) is 3.94. The van der Waals surface area contributed by atoms with Crippen LogP contribution in [-0.4, -0.2) is 25.2 Å². The molecule has 2 aromatic carbocycles. The lowest BCUT2D eigenvalue weighted by Gasteiger charge is -2.27. The van der Waals surface area contributed by atoms with Gasteiger partial charge < -0.3 is 4.74 Å². The maximum Gasteiger partial charge on any atom is 0.124 e. The van der Waals surface area contributed by atoms with Gasteiger partial charge in [-0.2, -0.15) is 0 Å². The molecule has 1 aliphatic rings. The Morgan fingerprint density at radius 3 is 2.65 bits per heavy atom. The summed E-state index contributed by atoms with van der Waals surface area (Å²) < 4.78 is 5.53. The first-order valence-corrected chi connectivity index (χ1v) is 7.41. The van der Waals surface area contributed by atoms with Crippen LogP contribution in [0, 0.1) is 0 Å². The van der Waals surface area contributed by atoms with Crippen LogP contribution in [0.3, 0.4) is 0 Å². The van der Waals surface area contributed by atoms with Crippen LogP contribution in [0.5, 0.6) is 5.75 Å². The number of fused-ring (bicyclic) bond motifs is 1. The standard InChI is InChI=1S/C17H22N2O/c1-20-17-10-9-14-7-3-4-8-15(14)16(17)13-18-19-11-5-2-6-12-19/h3-4,7-10,18H,2,5-6,11-13H2,1H3. The normalized spacial score (nSPS) is 16.4. The molecule has 2 aromatic rings. The van der Waals surface area contributed by atoms with Crippen LogP contribution in [0.25, 0.3) is 10.8 Å². The molecule has 106 valence electrons. The highest BCUT2D eigenvalue weighted by Gasteiger charge is 2.12. The van der Waals surface area contributed by atoms with Crippen LogP contribution in [0.1, 0.15) is 24.8 Å². The molecular weight excluding hydrogens is 248 g/mol. The molecule has 3 heteroatoms. The van der Waals surface area contributed by atoms with Gasteiger partial charge in [-0.25, -0.2) is 5.01 Å². The van der Waals surface area contributed by atoms with Crippen molar-refractivity contribution in [2.24, 2.45) is 0 Å². The molecule has 3 rings (SSSR count). The van der Waals surface area contributed by atoms with E-state index in [1.54, 1.807) is 7.11 Å². The summed E-state index contributed by atoms with van der Waals surface area (Å²) in [6.45, 7) is 3.12. The molecule has 0 spiro atoms. The first kappa shape index (κ1) is 13.4. The van der Waals surface area contributed by atoms with E-state index in [-0.39, 0.29) is 0 Å². The highest BCUT2D eigenvalue weighted by atomic mass is 16.5. The highest BCUT2D eigenvalue weighted by Crippen LogP contribution is 2.27. The zero-order valence-corrected chi connectivity index (χ0v) is 12.1. The van der Waals surface area contributed by atoms with Gasteiger partial charge in [0.2, 0.25) is 0 Å². The second kappa shape index (κ2) is 6.25. The molecule has 0 saturated carbocycles. The number of nitrogens with zero attached hydrogens (tertiary/aromatic N) is 1. The van der Waals surface area contributed by atoms with Gasteiger partial charge in [0.25, 0.3) is 0 Å². The third kappa shape index (κ3) is 2.79. The van der Waals surface area contributed by atoms with Gasteiger partial charge in [-0.15, -0.1) is 0 Å². The van der Waals surface area contributed by atoms with Crippen LogP contribution in [0.15, 0.2) is 36.4 Å². The summed E-state index contributed by atoms with van der Waals surface area (Å²) >= 11 is 0. The lowest BCUT2D eigenvalue weighted by atomic mass is 10.0. The molecule has 1 aliphatic heterocycles. The molecular formula is C17H22N2O. The number of hydrazine groups is 1. The lowest BCUT2D eigenvalue weighted by Crippen LogP contribution is -2.41. The van der Waals surface area contributed by atoms with E-state index >= 15 is 0 Å². The van der Waals surface area contributed by atoms with E-state index < -0.39 is 0 Å². The van der Waals surface area contributed by atoms with Gasteiger partial charge in [-0.1, -0.05) is 36.8 Å². The van der Waals surface area contributed by atoms with Crippen LogP contribution in [0.4, 0.5) is 0 Å². The monoisotopic (exact) mass is 270 g/mol. The fourth-order valence-electron chi connectivity index (χ4n) is 2.93. The highest BCUT2D eigenvalue weighted by molar-refractivity contribution is 5.87. The minimum atomic E-state index is 0.824. The molecule has 0 aliphatic carbocycles. The fraction of sp³-hybridized carbons (Fsp3) is 0.412. The van der Waals surface area contributed by atoms with Crippen molar-refractivity contribution in [2.75, 3.05) is 20.2 Å². The lowest BCUT2D eigenvalue weighted by molar-refractivity contribution is 0.151. The predicted molar refractivity (Wildman–Crippen MR) is 82.8 cm³/mol. The molecule has 1 N–H and O–H groups in total. The Bertz CT molecular complexity index is 576. The van der Waals surface area contributed by atoms with E-state index in [0.29, 0.717) is 0 Å². The van der Waals surface area contributed by atoms with E-state index in [2.05, 4.69) is 46.8 Å². The molecule has 0 radical (unpaired) electrons. The first-order chi connectivity index (χ1) is 9.88. The molecule has 0 unspecified atom stereocenters. The Hall–Kier alpha value is -1.58. The molecule has 3 nitrogen and oxygen atoms in total. The Morgan fingerprint density at radius 2 is 1.85 bits per heavy atom. The topological polar surface area (TPSA) is 24.5 Å². The average molecular weight is 270 g/mol. The van der Waals surface area contributed by atoms with Gasteiger partial charge in [0.15, 0.2) is 0 Å².